The van der Waals surface area contributed by atoms with Crippen LogP contribution in [0.4, 0.5) is 9.18 Å². The highest BCUT2D eigenvalue weighted by atomic mass is 32.2. The van der Waals surface area contributed by atoms with Gasteiger partial charge in [0, 0.05) is 49.6 Å². The number of amides is 2. The van der Waals surface area contributed by atoms with Crippen molar-refractivity contribution >= 4 is 33.0 Å². The van der Waals surface area contributed by atoms with Crippen molar-refractivity contribution in [3.8, 4) is 11.3 Å². The van der Waals surface area contributed by atoms with Crippen molar-refractivity contribution < 1.29 is 31.6 Å². The predicted molar refractivity (Wildman–Crippen MR) is 132 cm³/mol. The van der Waals surface area contributed by atoms with E-state index < -0.39 is 27.8 Å². The first kappa shape index (κ1) is 25.6. The first-order valence-electron chi connectivity index (χ1n) is 11.6. The molecule has 11 heteroatoms. The topological polar surface area (TPSA) is 118 Å². The lowest BCUT2D eigenvalue weighted by molar-refractivity contribution is 0.0964. The molecular weight excluding hydrogens is 489 g/mol. The summed E-state index contributed by atoms with van der Waals surface area (Å²) in [5, 5.41) is 3.03. The number of benzene rings is 2. The quantitative estimate of drug-likeness (QED) is 0.513. The zero-order valence-corrected chi connectivity index (χ0v) is 21.1. The van der Waals surface area contributed by atoms with Crippen molar-refractivity contribution in [2.75, 3.05) is 33.8 Å². The maximum atomic E-state index is 13.5. The summed E-state index contributed by atoms with van der Waals surface area (Å²) in [4.78, 5) is 26.7. The van der Waals surface area contributed by atoms with Gasteiger partial charge in [0.2, 0.25) is 10.0 Å². The molecule has 0 aliphatic carbocycles. The Morgan fingerprint density at radius 1 is 1.22 bits per heavy atom. The lowest BCUT2D eigenvalue weighted by atomic mass is 9.89. The SMILES string of the molecule is CCNS(=O)(=O)c1cc2oc(-c3ccc(F)cc3)c(C(=O)NC)c2cc1C1CCCN(C(=O)OC)C1. The number of sulfonamides is 1. The van der Waals surface area contributed by atoms with Gasteiger partial charge < -0.3 is 19.4 Å². The molecule has 2 N–H and O–H groups in total. The van der Waals surface area contributed by atoms with Crippen LogP contribution in [0.2, 0.25) is 0 Å². The Bertz CT molecular complexity index is 1400. The van der Waals surface area contributed by atoms with Gasteiger partial charge in [0.25, 0.3) is 5.91 Å². The average molecular weight is 518 g/mol. The fourth-order valence-corrected chi connectivity index (χ4v) is 5.98. The number of carbonyl (C=O) groups is 2. The molecule has 2 amide bonds. The Morgan fingerprint density at radius 3 is 2.58 bits per heavy atom. The molecule has 1 atom stereocenters. The molecule has 0 bridgehead atoms. The van der Waals surface area contributed by atoms with Gasteiger partial charge in [0.15, 0.2) is 0 Å². The minimum atomic E-state index is -3.92. The lowest BCUT2D eigenvalue weighted by Crippen LogP contribution is -2.39. The van der Waals surface area contributed by atoms with E-state index >= 15 is 0 Å². The third-order valence-corrected chi connectivity index (χ3v) is 7.90. The zero-order valence-electron chi connectivity index (χ0n) is 20.3. The minimum absolute atomic E-state index is 0.0245. The molecule has 1 fully saturated rings. The summed E-state index contributed by atoms with van der Waals surface area (Å²) in [6.45, 7) is 2.63. The molecule has 3 aromatic rings. The smallest absolute Gasteiger partial charge is 0.409 e. The second-order valence-corrected chi connectivity index (χ2v) is 10.3. The number of methoxy groups -OCH3 is 1. The molecule has 1 aliphatic rings. The van der Waals surface area contributed by atoms with Gasteiger partial charge in [-0.3, -0.25) is 4.79 Å². The molecule has 192 valence electrons. The molecule has 36 heavy (non-hydrogen) atoms. The molecule has 1 aliphatic heterocycles. The Labute approximate surface area is 208 Å². The number of nitrogens with one attached hydrogen (secondary N) is 2. The number of furan rings is 1. The minimum Gasteiger partial charge on any atom is -0.455 e. The van der Waals surface area contributed by atoms with E-state index in [4.69, 9.17) is 9.15 Å². The number of hydrogen-bond donors (Lipinski definition) is 2. The van der Waals surface area contributed by atoms with E-state index in [2.05, 4.69) is 10.0 Å². The van der Waals surface area contributed by atoms with Crippen molar-refractivity contribution in [3.05, 3.63) is 53.3 Å². The third kappa shape index (κ3) is 4.80. The van der Waals surface area contributed by atoms with Crippen molar-refractivity contribution in [1.29, 1.82) is 0 Å². The molecule has 1 saturated heterocycles. The van der Waals surface area contributed by atoms with Crippen LogP contribution in [0, 0.1) is 5.82 Å². The largest absolute Gasteiger partial charge is 0.455 e. The summed E-state index contributed by atoms with van der Waals surface area (Å²) in [7, 11) is -1.13. The van der Waals surface area contributed by atoms with Gasteiger partial charge >= 0.3 is 6.09 Å². The second-order valence-electron chi connectivity index (χ2n) is 8.53. The van der Waals surface area contributed by atoms with Gasteiger partial charge in [-0.15, -0.1) is 0 Å². The van der Waals surface area contributed by atoms with Crippen LogP contribution in [0.1, 0.15) is 41.6 Å². The molecule has 1 aromatic heterocycles. The van der Waals surface area contributed by atoms with Crippen LogP contribution in [-0.4, -0.2) is 59.1 Å². The monoisotopic (exact) mass is 517 g/mol. The summed E-state index contributed by atoms with van der Waals surface area (Å²) in [5.74, 6) is -0.980. The Balaban J connectivity index is 1.96. The molecule has 0 spiro atoms. The van der Waals surface area contributed by atoms with Gasteiger partial charge in [0.1, 0.15) is 17.2 Å². The van der Waals surface area contributed by atoms with Gasteiger partial charge in [-0.2, -0.15) is 0 Å². The number of piperidine rings is 1. The predicted octanol–water partition coefficient (Wildman–Crippen LogP) is 3.84. The molecule has 1 unspecified atom stereocenters. The van der Waals surface area contributed by atoms with E-state index in [9.17, 15) is 22.4 Å². The Morgan fingerprint density at radius 2 is 1.94 bits per heavy atom. The van der Waals surface area contributed by atoms with Crippen LogP contribution in [0.25, 0.3) is 22.3 Å². The summed E-state index contributed by atoms with van der Waals surface area (Å²) >= 11 is 0. The van der Waals surface area contributed by atoms with Crippen molar-refractivity contribution in [3.63, 3.8) is 0 Å². The molecular formula is C25H28FN3O6S. The number of halogens is 1. The summed E-state index contributed by atoms with van der Waals surface area (Å²) in [6.07, 6.45) is 0.823. The maximum Gasteiger partial charge on any atom is 0.409 e. The number of rotatable bonds is 6. The second kappa shape index (κ2) is 10.3. The molecule has 4 rings (SSSR count). The van der Waals surface area contributed by atoms with Gasteiger partial charge in [-0.05, 0) is 48.7 Å². The summed E-state index contributed by atoms with van der Waals surface area (Å²) in [6, 6.07) is 8.57. The number of ether oxygens (including phenoxy) is 1. The Kier molecular flexibility index (Phi) is 7.32. The standard InChI is InChI=1S/C25H28FN3O6S/c1-4-28-36(32,33)21-13-20-19(12-18(21)16-6-5-11-29(14-16)25(31)34-3)22(24(30)27-2)23(35-20)15-7-9-17(26)10-8-15/h7-10,12-13,16,28H,4-6,11,14H2,1-3H3,(H,27,30). The van der Waals surface area contributed by atoms with Crippen LogP contribution in [-0.2, 0) is 14.8 Å². The molecule has 0 saturated carbocycles. The highest BCUT2D eigenvalue weighted by molar-refractivity contribution is 7.89. The van der Waals surface area contributed by atoms with Crippen LogP contribution < -0.4 is 10.0 Å². The molecule has 0 radical (unpaired) electrons. The van der Waals surface area contributed by atoms with Gasteiger partial charge in [0.05, 0.1) is 17.6 Å². The van der Waals surface area contributed by atoms with E-state index in [-0.39, 0.29) is 40.8 Å². The molecule has 2 heterocycles. The van der Waals surface area contributed by atoms with E-state index in [1.807, 2.05) is 0 Å². The number of fused-ring (bicyclic) bond motifs is 1. The van der Waals surface area contributed by atoms with Crippen LogP contribution in [0.15, 0.2) is 45.7 Å². The number of likely N-dealkylation sites (tertiary alicyclic amines) is 1. The van der Waals surface area contributed by atoms with Crippen LogP contribution >= 0.6 is 0 Å². The van der Waals surface area contributed by atoms with Crippen molar-refractivity contribution in [1.82, 2.24) is 14.9 Å². The summed E-state index contributed by atoms with van der Waals surface area (Å²) in [5.41, 5.74) is 1.37. The highest BCUT2D eigenvalue weighted by Crippen LogP contribution is 2.40. The third-order valence-electron chi connectivity index (χ3n) is 6.30. The van der Waals surface area contributed by atoms with Crippen molar-refractivity contribution in [2.24, 2.45) is 0 Å². The number of hydrogen-bond acceptors (Lipinski definition) is 6. The molecule has 2 aromatic carbocycles. The fourth-order valence-electron chi connectivity index (χ4n) is 4.64. The van der Waals surface area contributed by atoms with E-state index in [0.29, 0.717) is 35.9 Å². The van der Waals surface area contributed by atoms with Crippen LogP contribution in [0.5, 0.6) is 0 Å². The van der Waals surface area contributed by atoms with Crippen LogP contribution in [0.3, 0.4) is 0 Å². The zero-order chi connectivity index (χ0) is 26.0. The first-order valence-corrected chi connectivity index (χ1v) is 13.1. The van der Waals surface area contributed by atoms with Gasteiger partial charge in [-0.1, -0.05) is 6.92 Å². The number of nitrogens with zero attached hydrogens (tertiary/aromatic N) is 1. The molecule has 9 nitrogen and oxygen atoms in total. The van der Waals surface area contributed by atoms with E-state index in [0.717, 1.165) is 0 Å². The van der Waals surface area contributed by atoms with E-state index in [1.54, 1.807) is 17.9 Å². The lowest BCUT2D eigenvalue weighted by Gasteiger charge is -2.32. The average Bonchev–Trinajstić information content (AvgIpc) is 3.26. The van der Waals surface area contributed by atoms with E-state index in [1.165, 1.54) is 44.5 Å². The highest BCUT2D eigenvalue weighted by Gasteiger charge is 2.32. The Hall–Kier alpha value is -3.44. The first-order chi connectivity index (χ1) is 17.2. The fraction of sp³-hybridized carbons (Fsp3) is 0.360. The summed E-state index contributed by atoms with van der Waals surface area (Å²) < 4.78 is 53.4. The van der Waals surface area contributed by atoms with Crippen molar-refractivity contribution in [2.45, 2.75) is 30.6 Å². The maximum absolute atomic E-state index is 13.5. The normalized spacial score (nSPS) is 16.2. The van der Waals surface area contributed by atoms with Gasteiger partial charge in [-0.25, -0.2) is 22.3 Å². The number of carbonyl (C=O) groups excluding carboxylic acids is 2.